The largest absolute Gasteiger partial charge is 0.461 e. The van der Waals surface area contributed by atoms with Crippen molar-refractivity contribution in [2.75, 3.05) is 0 Å². The molecule has 0 amide bonds. The molecule has 3 aliphatic carbocycles. The van der Waals surface area contributed by atoms with Gasteiger partial charge in [-0.25, -0.2) is 0 Å². The maximum Gasteiger partial charge on any atom is 0.320 e. The van der Waals surface area contributed by atoms with E-state index in [9.17, 15) is 19.8 Å². The lowest BCUT2D eigenvalue weighted by Crippen LogP contribution is -2.69. The molecule has 26 heavy (non-hydrogen) atoms. The van der Waals surface area contributed by atoms with Crippen LogP contribution < -0.4 is 0 Å². The molecule has 6 heteroatoms. The monoisotopic (exact) mass is 362 g/mol. The van der Waals surface area contributed by atoms with Gasteiger partial charge < -0.3 is 19.7 Å². The standard InChI is InChI=1S/C20H26O6/c1-9-10-4-5-11-19(8-10,14(9)21)16(23)25-12-6-7-18(2,3)13-15(22)26-17(24)20(11,12)13/h10-13,15,17,22,24H,1,4-8H2,2-3H3. The van der Waals surface area contributed by atoms with E-state index in [1.807, 2.05) is 0 Å². The number of rotatable bonds is 0. The van der Waals surface area contributed by atoms with E-state index in [4.69, 9.17) is 9.47 Å². The Bertz CT molecular complexity index is 728. The first kappa shape index (κ1) is 16.9. The molecule has 2 heterocycles. The summed E-state index contributed by atoms with van der Waals surface area (Å²) in [4.78, 5) is 26.3. The van der Waals surface area contributed by atoms with E-state index in [1.165, 1.54) is 0 Å². The molecule has 5 rings (SSSR count). The minimum atomic E-state index is -1.27. The van der Waals surface area contributed by atoms with Crippen LogP contribution in [-0.2, 0) is 19.1 Å². The summed E-state index contributed by atoms with van der Waals surface area (Å²) in [5.41, 5.74) is -2.00. The molecule has 5 aliphatic rings. The second-order valence-corrected chi connectivity index (χ2v) is 9.63. The Morgan fingerprint density at radius 2 is 1.88 bits per heavy atom. The Kier molecular flexibility index (Phi) is 3.10. The molecule has 2 saturated heterocycles. The molecule has 0 aromatic carbocycles. The molecule has 0 radical (unpaired) electrons. The minimum absolute atomic E-state index is 0.0127. The molecular formula is C20H26O6. The van der Waals surface area contributed by atoms with Gasteiger partial charge in [0, 0.05) is 5.92 Å². The van der Waals surface area contributed by atoms with E-state index in [2.05, 4.69) is 20.4 Å². The van der Waals surface area contributed by atoms with E-state index < -0.39 is 41.4 Å². The molecule has 8 atom stereocenters. The van der Waals surface area contributed by atoms with Crippen LogP contribution in [0.2, 0.25) is 0 Å². The molecule has 2 bridgehead atoms. The zero-order valence-electron chi connectivity index (χ0n) is 15.2. The van der Waals surface area contributed by atoms with E-state index in [0.717, 1.165) is 12.8 Å². The second kappa shape index (κ2) is 4.78. The first-order valence-corrected chi connectivity index (χ1v) is 9.63. The van der Waals surface area contributed by atoms with Crippen LogP contribution in [0.1, 0.15) is 46.0 Å². The molecule has 0 aromatic rings. The quantitative estimate of drug-likeness (QED) is 0.386. The lowest BCUT2D eigenvalue weighted by Gasteiger charge is -2.62. The van der Waals surface area contributed by atoms with Crippen molar-refractivity contribution in [2.24, 2.45) is 34.0 Å². The number of ketones is 1. The number of ether oxygens (including phenoxy) is 2. The number of carbonyl (C=O) groups is 2. The van der Waals surface area contributed by atoms with Gasteiger partial charge in [0.1, 0.15) is 11.5 Å². The third-order valence-electron chi connectivity index (χ3n) is 8.34. The van der Waals surface area contributed by atoms with Crippen molar-refractivity contribution in [1.82, 2.24) is 0 Å². The van der Waals surface area contributed by atoms with Gasteiger partial charge in [0.2, 0.25) is 0 Å². The summed E-state index contributed by atoms with van der Waals surface area (Å²) >= 11 is 0. The summed E-state index contributed by atoms with van der Waals surface area (Å²) in [6.07, 6.45) is 0.276. The first-order valence-electron chi connectivity index (χ1n) is 9.63. The molecule has 0 aromatic heterocycles. The molecule has 2 aliphatic heterocycles. The molecular weight excluding hydrogens is 336 g/mol. The topological polar surface area (TPSA) is 93.1 Å². The number of aliphatic hydroxyl groups is 2. The van der Waals surface area contributed by atoms with Gasteiger partial charge in [-0.1, -0.05) is 20.4 Å². The van der Waals surface area contributed by atoms with Gasteiger partial charge in [0.15, 0.2) is 18.4 Å². The Hall–Kier alpha value is -1.24. The smallest absolute Gasteiger partial charge is 0.320 e. The molecule has 2 spiro atoms. The molecule has 5 fully saturated rings. The van der Waals surface area contributed by atoms with Gasteiger partial charge in [-0.15, -0.1) is 0 Å². The Morgan fingerprint density at radius 3 is 2.62 bits per heavy atom. The number of esters is 1. The SMILES string of the molecule is C=C1C(=O)C23CC1CCC2C12C(O)OC(O)C1C(C)(C)CCC2OC3=O. The minimum Gasteiger partial charge on any atom is -0.461 e. The second-order valence-electron chi connectivity index (χ2n) is 9.63. The van der Waals surface area contributed by atoms with Crippen molar-refractivity contribution in [3.05, 3.63) is 12.2 Å². The zero-order valence-corrected chi connectivity index (χ0v) is 15.2. The van der Waals surface area contributed by atoms with E-state index in [1.54, 1.807) is 0 Å². The Balaban J connectivity index is 1.75. The predicted octanol–water partition coefficient (Wildman–Crippen LogP) is 1.54. The van der Waals surface area contributed by atoms with Crippen LogP contribution in [0.3, 0.4) is 0 Å². The van der Waals surface area contributed by atoms with Crippen LogP contribution >= 0.6 is 0 Å². The van der Waals surface area contributed by atoms with E-state index in [0.29, 0.717) is 24.8 Å². The summed E-state index contributed by atoms with van der Waals surface area (Å²) in [6.45, 7) is 8.07. The van der Waals surface area contributed by atoms with Crippen LogP contribution in [0.15, 0.2) is 12.2 Å². The average Bonchev–Trinajstić information content (AvgIpc) is 2.96. The fraction of sp³-hybridized carbons (Fsp3) is 0.800. The number of allylic oxidation sites excluding steroid dienone is 1. The van der Waals surface area contributed by atoms with Gasteiger partial charge in [-0.05, 0) is 54.9 Å². The maximum atomic E-state index is 13.2. The molecule has 142 valence electrons. The van der Waals surface area contributed by atoms with E-state index in [-0.39, 0.29) is 23.0 Å². The van der Waals surface area contributed by atoms with Crippen molar-refractivity contribution >= 4 is 11.8 Å². The van der Waals surface area contributed by atoms with E-state index >= 15 is 0 Å². The number of hydrogen-bond donors (Lipinski definition) is 2. The van der Waals surface area contributed by atoms with Crippen molar-refractivity contribution in [3.8, 4) is 0 Å². The molecule has 3 saturated carbocycles. The van der Waals surface area contributed by atoms with Crippen LogP contribution in [0.5, 0.6) is 0 Å². The van der Waals surface area contributed by atoms with Gasteiger partial charge in [-0.2, -0.15) is 0 Å². The number of carbonyl (C=O) groups excluding carboxylic acids is 2. The normalized spacial score (nSPS) is 54.4. The van der Waals surface area contributed by atoms with Gasteiger partial charge >= 0.3 is 5.97 Å². The van der Waals surface area contributed by atoms with Crippen LogP contribution in [0.25, 0.3) is 0 Å². The lowest BCUT2D eigenvalue weighted by atomic mass is 9.43. The Morgan fingerprint density at radius 1 is 1.15 bits per heavy atom. The number of hydrogen-bond acceptors (Lipinski definition) is 6. The van der Waals surface area contributed by atoms with Crippen molar-refractivity contribution in [2.45, 2.75) is 64.6 Å². The molecule has 8 unspecified atom stereocenters. The highest BCUT2D eigenvalue weighted by Crippen LogP contribution is 2.72. The van der Waals surface area contributed by atoms with Crippen molar-refractivity contribution < 1.29 is 29.3 Å². The number of Topliss-reactive ketones (excluding diaryl/α,β-unsaturated/α-hetero) is 1. The van der Waals surface area contributed by atoms with Crippen LogP contribution in [0.4, 0.5) is 0 Å². The van der Waals surface area contributed by atoms with Gasteiger partial charge in [0.25, 0.3) is 0 Å². The predicted molar refractivity (Wildman–Crippen MR) is 89.3 cm³/mol. The molecule has 6 nitrogen and oxygen atoms in total. The third-order valence-corrected chi connectivity index (χ3v) is 8.34. The third kappa shape index (κ3) is 1.57. The highest BCUT2D eigenvalue weighted by atomic mass is 16.7. The summed E-state index contributed by atoms with van der Waals surface area (Å²) in [6, 6.07) is 0. The van der Waals surface area contributed by atoms with Gasteiger partial charge in [0.05, 0.1) is 5.41 Å². The maximum absolute atomic E-state index is 13.2. The summed E-state index contributed by atoms with van der Waals surface area (Å²) in [5.74, 6) is -1.45. The number of aliphatic hydroxyl groups excluding tert-OH is 2. The average molecular weight is 362 g/mol. The van der Waals surface area contributed by atoms with Crippen LogP contribution in [-0.4, -0.2) is 40.6 Å². The Labute approximate surface area is 152 Å². The summed E-state index contributed by atoms with van der Waals surface area (Å²) in [5, 5.41) is 21.7. The zero-order chi connectivity index (χ0) is 18.6. The fourth-order valence-corrected chi connectivity index (χ4v) is 7.33. The molecule has 2 N–H and O–H groups in total. The highest BCUT2D eigenvalue weighted by Gasteiger charge is 2.79. The summed E-state index contributed by atoms with van der Waals surface area (Å²) < 4.78 is 11.4. The van der Waals surface area contributed by atoms with Crippen molar-refractivity contribution in [3.63, 3.8) is 0 Å². The first-order chi connectivity index (χ1) is 12.2. The lowest BCUT2D eigenvalue weighted by molar-refractivity contribution is -0.267. The highest BCUT2D eigenvalue weighted by molar-refractivity contribution is 6.15. The number of fused-ring (bicyclic) bond motifs is 1. The van der Waals surface area contributed by atoms with Gasteiger partial charge in [-0.3, -0.25) is 9.59 Å². The van der Waals surface area contributed by atoms with Crippen molar-refractivity contribution in [1.29, 1.82) is 0 Å². The van der Waals surface area contributed by atoms with Crippen LogP contribution in [0, 0.1) is 34.0 Å². The summed E-state index contributed by atoms with van der Waals surface area (Å²) in [7, 11) is 0. The fourth-order valence-electron chi connectivity index (χ4n) is 7.33.